The van der Waals surface area contributed by atoms with Gasteiger partial charge in [-0.2, -0.15) is 0 Å². The molecule has 0 spiro atoms. The molecule has 0 fully saturated rings. The number of nitrogens with one attached hydrogen (secondary N) is 1. The molecule has 1 unspecified atom stereocenters. The molecule has 0 aliphatic heterocycles. The summed E-state index contributed by atoms with van der Waals surface area (Å²) in [5.41, 5.74) is 0.364. The molecule has 1 atom stereocenters. The molecule has 3 rings (SSSR count). The maximum atomic E-state index is 14.1. The van der Waals surface area contributed by atoms with Gasteiger partial charge in [0.15, 0.2) is 0 Å². The minimum Gasteiger partial charge on any atom is -0.495 e. The normalized spacial score (nSPS) is 12.4. The van der Waals surface area contributed by atoms with Crippen molar-refractivity contribution in [1.82, 2.24) is 10.2 Å². The van der Waals surface area contributed by atoms with Crippen molar-refractivity contribution in [3.63, 3.8) is 0 Å². The van der Waals surface area contributed by atoms with Gasteiger partial charge in [0, 0.05) is 17.1 Å². The monoisotopic (exact) mass is 619 g/mol. The largest absolute Gasteiger partial charge is 0.495 e. The maximum Gasteiger partial charge on any atom is 0.264 e. The zero-order valence-electron chi connectivity index (χ0n) is 23.7. The van der Waals surface area contributed by atoms with Crippen LogP contribution >= 0.6 is 23.2 Å². The predicted molar refractivity (Wildman–Crippen MR) is 163 cm³/mol. The van der Waals surface area contributed by atoms with E-state index in [2.05, 4.69) is 5.32 Å². The van der Waals surface area contributed by atoms with Crippen LogP contribution in [0.3, 0.4) is 0 Å². The van der Waals surface area contributed by atoms with Gasteiger partial charge < -0.3 is 15.0 Å². The number of anilines is 1. The summed E-state index contributed by atoms with van der Waals surface area (Å²) in [7, 11) is -2.76. The summed E-state index contributed by atoms with van der Waals surface area (Å²) in [4.78, 5) is 28.9. The third-order valence-corrected chi connectivity index (χ3v) is 8.52. The van der Waals surface area contributed by atoms with Gasteiger partial charge in [-0.3, -0.25) is 13.9 Å². The van der Waals surface area contributed by atoms with Gasteiger partial charge in [-0.1, -0.05) is 60.5 Å². The van der Waals surface area contributed by atoms with Crippen molar-refractivity contribution in [2.45, 2.75) is 57.1 Å². The predicted octanol–water partition coefficient (Wildman–Crippen LogP) is 5.92. The number of hydrogen-bond acceptors (Lipinski definition) is 5. The van der Waals surface area contributed by atoms with E-state index in [-0.39, 0.29) is 28.1 Å². The second-order valence-electron chi connectivity index (χ2n) is 10.5. The van der Waals surface area contributed by atoms with Gasteiger partial charge in [0.25, 0.3) is 10.0 Å². The first kappa shape index (κ1) is 32.2. The van der Waals surface area contributed by atoms with E-state index < -0.39 is 34.1 Å². The number of amides is 2. The fourth-order valence-electron chi connectivity index (χ4n) is 4.22. The Morgan fingerprint density at radius 2 is 1.61 bits per heavy atom. The molecule has 0 aliphatic rings. The Morgan fingerprint density at radius 3 is 2.15 bits per heavy atom. The van der Waals surface area contributed by atoms with Crippen LogP contribution in [0.5, 0.6) is 5.75 Å². The smallest absolute Gasteiger partial charge is 0.264 e. The molecule has 1 N–H and O–H groups in total. The molecule has 41 heavy (non-hydrogen) atoms. The number of benzene rings is 3. The Labute approximate surface area is 252 Å². The lowest BCUT2D eigenvalue weighted by Crippen LogP contribution is -2.55. The summed E-state index contributed by atoms with van der Waals surface area (Å²) in [6.07, 6.45) is 0.307. The van der Waals surface area contributed by atoms with Crippen LogP contribution in [0.25, 0.3) is 0 Å². The molecular weight excluding hydrogens is 585 g/mol. The number of methoxy groups -OCH3 is 1. The Morgan fingerprint density at radius 1 is 0.976 bits per heavy atom. The molecule has 3 aromatic carbocycles. The summed E-state index contributed by atoms with van der Waals surface area (Å²) in [5.74, 6) is -0.553. The highest BCUT2D eigenvalue weighted by Gasteiger charge is 2.34. The number of hydrogen-bond donors (Lipinski definition) is 1. The molecule has 0 bridgehead atoms. The van der Waals surface area contributed by atoms with Crippen LogP contribution in [0.2, 0.25) is 10.0 Å². The minimum atomic E-state index is -4.21. The third-order valence-electron chi connectivity index (χ3n) is 6.18. The van der Waals surface area contributed by atoms with E-state index >= 15 is 0 Å². The molecule has 0 radical (unpaired) electrons. The first-order valence-corrected chi connectivity index (χ1v) is 15.2. The van der Waals surface area contributed by atoms with Crippen molar-refractivity contribution in [2.24, 2.45) is 0 Å². The molecule has 8 nitrogen and oxygen atoms in total. The van der Waals surface area contributed by atoms with Gasteiger partial charge in [0.2, 0.25) is 11.8 Å². The second kappa shape index (κ2) is 13.6. The zero-order valence-corrected chi connectivity index (χ0v) is 26.1. The quantitative estimate of drug-likeness (QED) is 0.287. The van der Waals surface area contributed by atoms with Crippen molar-refractivity contribution in [2.75, 3.05) is 18.0 Å². The van der Waals surface area contributed by atoms with Crippen LogP contribution in [0, 0.1) is 0 Å². The molecule has 0 aliphatic carbocycles. The first-order valence-electron chi connectivity index (χ1n) is 13.0. The Balaban J connectivity index is 2.09. The molecule has 0 saturated heterocycles. The molecule has 11 heteroatoms. The SMILES string of the molecule is CCC(C(=O)NC(C)(C)C)N(Cc1ccc(Cl)cc1)C(=O)CN(c1ccc(OC)c(Cl)c1)S(=O)(=O)c1ccccc1. The summed E-state index contributed by atoms with van der Waals surface area (Å²) in [6.45, 7) is 6.85. The van der Waals surface area contributed by atoms with E-state index in [4.69, 9.17) is 27.9 Å². The molecule has 3 aromatic rings. The van der Waals surface area contributed by atoms with Gasteiger partial charge >= 0.3 is 0 Å². The fourth-order valence-corrected chi connectivity index (χ4v) is 6.02. The maximum absolute atomic E-state index is 14.1. The van der Waals surface area contributed by atoms with Crippen molar-refractivity contribution in [1.29, 1.82) is 0 Å². The van der Waals surface area contributed by atoms with Gasteiger partial charge in [-0.05, 0) is 75.2 Å². The number of carbonyl (C=O) groups is 2. The van der Waals surface area contributed by atoms with Gasteiger partial charge in [-0.25, -0.2) is 8.42 Å². The van der Waals surface area contributed by atoms with E-state index in [9.17, 15) is 18.0 Å². The summed E-state index contributed by atoms with van der Waals surface area (Å²) in [6, 6.07) is 18.4. The highest BCUT2D eigenvalue weighted by molar-refractivity contribution is 7.92. The van der Waals surface area contributed by atoms with Gasteiger partial charge in [-0.15, -0.1) is 0 Å². The molecule has 2 amide bonds. The lowest BCUT2D eigenvalue weighted by Gasteiger charge is -2.34. The zero-order chi connectivity index (χ0) is 30.4. The van der Waals surface area contributed by atoms with Crippen molar-refractivity contribution < 1.29 is 22.7 Å². The Kier molecular flexibility index (Phi) is 10.7. The van der Waals surface area contributed by atoms with E-state index in [0.717, 1.165) is 9.87 Å². The molecule has 0 saturated carbocycles. The van der Waals surface area contributed by atoms with Gasteiger partial charge in [0.05, 0.1) is 22.7 Å². The van der Waals surface area contributed by atoms with Crippen LogP contribution in [0.1, 0.15) is 39.7 Å². The highest BCUT2D eigenvalue weighted by atomic mass is 35.5. The number of halogens is 2. The number of ether oxygens (including phenoxy) is 1. The standard InChI is InChI=1S/C30H35Cl2N3O5S/c1-6-26(29(37)33-30(2,3)4)34(19-21-12-14-22(31)15-13-21)28(36)20-35(23-16-17-27(40-5)25(32)18-23)41(38,39)24-10-8-7-9-11-24/h7-18,26H,6,19-20H2,1-5H3,(H,33,37). The van der Waals surface area contributed by atoms with Crippen molar-refractivity contribution >= 4 is 50.7 Å². The van der Waals surface area contributed by atoms with Crippen LogP contribution in [0.15, 0.2) is 77.7 Å². The number of nitrogens with zero attached hydrogens (tertiary/aromatic N) is 2. The number of sulfonamides is 1. The van der Waals surface area contributed by atoms with E-state index in [1.165, 1.54) is 42.3 Å². The van der Waals surface area contributed by atoms with Crippen LogP contribution in [-0.2, 0) is 26.2 Å². The third kappa shape index (κ3) is 8.38. The summed E-state index contributed by atoms with van der Waals surface area (Å²) < 4.78 is 34.0. The average molecular weight is 621 g/mol. The molecule has 220 valence electrons. The second-order valence-corrected chi connectivity index (χ2v) is 13.2. The highest BCUT2D eigenvalue weighted by Crippen LogP contribution is 2.32. The Hall–Kier alpha value is -3.27. The number of rotatable bonds is 11. The van der Waals surface area contributed by atoms with Crippen molar-refractivity contribution in [3.05, 3.63) is 88.4 Å². The minimum absolute atomic E-state index is 0.00140. The first-order chi connectivity index (χ1) is 19.3. The summed E-state index contributed by atoms with van der Waals surface area (Å²) in [5, 5.41) is 3.65. The van der Waals surface area contributed by atoms with E-state index in [1.54, 1.807) is 49.4 Å². The lowest BCUT2D eigenvalue weighted by molar-refractivity contribution is -0.141. The number of carbonyl (C=O) groups excluding carboxylic acids is 2. The fraction of sp³-hybridized carbons (Fsp3) is 0.333. The average Bonchev–Trinajstić information content (AvgIpc) is 2.92. The Bertz CT molecular complexity index is 1460. The molecule has 0 aromatic heterocycles. The van der Waals surface area contributed by atoms with Crippen LogP contribution in [0.4, 0.5) is 5.69 Å². The van der Waals surface area contributed by atoms with E-state index in [0.29, 0.717) is 17.2 Å². The topological polar surface area (TPSA) is 96.0 Å². The molecule has 0 heterocycles. The van der Waals surface area contributed by atoms with Crippen LogP contribution in [-0.4, -0.2) is 50.4 Å². The van der Waals surface area contributed by atoms with Crippen LogP contribution < -0.4 is 14.4 Å². The van der Waals surface area contributed by atoms with Crippen molar-refractivity contribution in [3.8, 4) is 5.75 Å². The summed E-state index contributed by atoms with van der Waals surface area (Å²) >= 11 is 12.4. The molecular formula is C30H35Cl2N3O5S. The lowest BCUT2D eigenvalue weighted by atomic mass is 10.1. The van der Waals surface area contributed by atoms with Gasteiger partial charge in [0.1, 0.15) is 18.3 Å². The van der Waals surface area contributed by atoms with E-state index in [1.807, 2.05) is 20.8 Å².